The third-order valence-corrected chi connectivity index (χ3v) is 0. The van der Waals surface area contributed by atoms with Crippen molar-refractivity contribution in [2.75, 3.05) is 0 Å². The monoisotopic (exact) mass is 210 g/mol. The summed E-state index contributed by atoms with van der Waals surface area (Å²) in [5, 5.41) is 0. The van der Waals surface area contributed by atoms with Gasteiger partial charge in [-0.25, -0.2) is 0 Å². The van der Waals surface area contributed by atoms with Crippen LogP contribution in [0.2, 0.25) is 39.3 Å². The van der Waals surface area contributed by atoms with Gasteiger partial charge in [0.05, 0.1) is 0 Å². The summed E-state index contributed by atoms with van der Waals surface area (Å²) >= 11 is 0. The maximum absolute atomic E-state index is 2.27. The van der Waals surface area contributed by atoms with Crippen molar-refractivity contribution in [2.24, 2.45) is 0 Å². The second-order valence-corrected chi connectivity index (χ2v) is 9.00. The minimum absolute atomic E-state index is 0. The molecular weight excluding hydrogens is 194 g/mol. The predicted octanol–water partition coefficient (Wildman–Crippen LogP) is 2.74. The SMILES string of the molecule is C[Si](C)C.C[Si](C)C.[Zn]. The predicted molar refractivity (Wildman–Crippen MR) is 46.7 cm³/mol. The Hall–Kier alpha value is 1.06. The van der Waals surface area contributed by atoms with Crippen molar-refractivity contribution in [1.29, 1.82) is 0 Å². The standard InChI is InChI=1S/2C3H9Si.Zn/c2*1-4(2)3;/h2*1-3H3;. The third kappa shape index (κ3) is 404. The van der Waals surface area contributed by atoms with E-state index < -0.39 is 0 Å². The molecule has 0 fully saturated rings. The molecule has 0 nitrogen and oxygen atoms in total. The van der Waals surface area contributed by atoms with Gasteiger partial charge >= 0.3 is 0 Å². The molecule has 0 N–H and O–H groups in total. The average molecular weight is 212 g/mol. The average Bonchev–Trinajstić information content (AvgIpc) is 1.25. The topological polar surface area (TPSA) is 0 Å². The maximum Gasteiger partial charge on any atom is 0.0379 e. The van der Waals surface area contributed by atoms with Gasteiger partial charge in [0.15, 0.2) is 0 Å². The summed E-state index contributed by atoms with van der Waals surface area (Å²) in [4.78, 5) is 0. The molecule has 52 valence electrons. The first kappa shape index (κ1) is 16.6. The minimum atomic E-state index is 0. The number of rotatable bonds is 0. The Balaban J connectivity index is -0.0000000720. The maximum atomic E-state index is 2.27. The van der Waals surface area contributed by atoms with Crippen LogP contribution in [-0.4, -0.2) is 17.6 Å². The van der Waals surface area contributed by atoms with Crippen LogP contribution >= 0.6 is 0 Å². The van der Waals surface area contributed by atoms with E-state index in [1.54, 1.807) is 0 Å². The Morgan fingerprint density at radius 3 is 0.556 bits per heavy atom. The first-order chi connectivity index (χ1) is 3.46. The van der Waals surface area contributed by atoms with Gasteiger partial charge in [-0.05, 0) is 0 Å². The van der Waals surface area contributed by atoms with Gasteiger partial charge in [0.2, 0.25) is 0 Å². The molecule has 0 rings (SSSR count). The molecule has 0 aromatic carbocycles. The fourth-order valence-electron chi connectivity index (χ4n) is 0. The molecule has 9 heavy (non-hydrogen) atoms. The third-order valence-electron chi connectivity index (χ3n) is 0. The summed E-state index contributed by atoms with van der Waals surface area (Å²) in [6.45, 7) is 13.6. The summed E-state index contributed by atoms with van der Waals surface area (Å²) in [6, 6.07) is 0. The zero-order valence-electron chi connectivity index (χ0n) is 7.71. The van der Waals surface area contributed by atoms with E-state index in [-0.39, 0.29) is 37.1 Å². The Labute approximate surface area is 76.4 Å². The molecule has 0 aromatic rings. The summed E-state index contributed by atoms with van der Waals surface area (Å²) in [6.07, 6.45) is 0. The van der Waals surface area contributed by atoms with Crippen molar-refractivity contribution >= 4 is 17.6 Å². The van der Waals surface area contributed by atoms with Crippen LogP contribution < -0.4 is 0 Å². The van der Waals surface area contributed by atoms with Crippen LogP contribution in [0.25, 0.3) is 0 Å². The first-order valence-corrected chi connectivity index (χ1v) is 9.00. The Bertz CT molecular complexity index is 26.5. The Morgan fingerprint density at radius 1 is 0.556 bits per heavy atom. The molecule has 0 spiro atoms. The summed E-state index contributed by atoms with van der Waals surface area (Å²) in [5.41, 5.74) is 0. The fraction of sp³-hybridized carbons (Fsp3) is 1.00. The van der Waals surface area contributed by atoms with E-state index in [0.29, 0.717) is 0 Å². The minimum Gasteiger partial charge on any atom is -0.0715 e. The molecule has 0 aromatic heterocycles. The molecular formula is C6H18Si2Zn. The van der Waals surface area contributed by atoms with Crippen molar-refractivity contribution < 1.29 is 19.5 Å². The van der Waals surface area contributed by atoms with Gasteiger partial charge in [0.25, 0.3) is 0 Å². The van der Waals surface area contributed by atoms with E-state index in [2.05, 4.69) is 39.3 Å². The molecule has 0 saturated carbocycles. The zero-order chi connectivity index (χ0) is 7.15. The van der Waals surface area contributed by atoms with Crippen molar-refractivity contribution in [3.63, 3.8) is 0 Å². The molecule has 3 heteroatoms. The largest absolute Gasteiger partial charge is 0.0715 e. The molecule has 0 amide bonds. The molecule has 0 heterocycles. The van der Waals surface area contributed by atoms with Crippen molar-refractivity contribution in [3.05, 3.63) is 0 Å². The zero-order valence-corrected chi connectivity index (χ0v) is 12.7. The molecule has 0 bridgehead atoms. The molecule has 0 saturated heterocycles. The molecule has 2 radical (unpaired) electrons. The van der Waals surface area contributed by atoms with Gasteiger partial charge in [-0.3, -0.25) is 0 Å². The first-order valence-electron chi connectivity index (χ1n) is 3.00. The van der Waals surface area contributed by atoms with Crippen molar-refractivity contribution in [1.82, 2.24) is 0 Å². The quantitative estimate of drug-likeness (QED) is 0.541. The van der Waals surface area contributed by atoms with Crippen LogP contribution in [0.4, 0.5) is 0 Å². The van der Waals surface area contributed by atoms with E-state index >= 15 is 0 Å². The van der Waals surface area contributed by atoms with Crippen LogP contribution in [0.15, 0.2) is 0 Å². The fourth-order valence-corrected chi connectivity index (χ4v) is 0. The Kier molecular flexibility index (Phi) is 21.7. The van der Waals surface area contributed by atoms with Crippen LogP contribution in [0.3, 0.4) is 0 Å². The Morgan fingerprint density at radius 2 is 0.556 bits per heavy atom. The second-order valence-electron chi connectivity index (χ2n) is 3.00. The summed E-state index contributed by atoms with van der Waals surface area (Å²) in [5.74, 6) is 0. The number of hydrogen-bond acceptors (Lipinski definition) is 0. The van der Waals surface area contributed by atoms with E-state index in [1.807, 2.05) is 0 Å². The smallest absolute Gasteiger partial charge is 0.0379 e. The molecule has 0 aliphatic carbocycles. The summed E-state index contributed by atoms with van der Waals surface area (Å²) in [7, 11) is 0.241. The van der Waals surface area contributed by atoms with Crippen LogP contribution in [0.5, 0.6) is 0 Å². The van der Waals surface area contributed by atoms with E-state index in [1.165, 1.54) is 0 Å². The number of hydrogen-bond donors (Lipinski definition) is 0. The molecule has 0 aliphatic heterocycles. The van der Waals surface area contributed by atoms with Crippen molar-refractivity contribution in [2.45, 2.75) is 39.3 Å². The van der Waals surface area contributed by atoms with Gasteiger partial charge in [-0.1, -0.05) is 39.3 Å². The normalized spacial score (nSPS) is 8.00. The van der Waals surface area contributed by atoms with Crippen LogP contribution in [0, 0.1) is 0 Å². The molecule has 0 atom stereocenters. The van der Waals surface area contributed by atoms with Crippen LogP contribution in [0.1, 0.15) is 0 Å². The van der Waals surface area contributed by atoms with Gasteiger partial charge in [-0.2, -0.15) is 0 Å². The van der Waals surface area contributed by atoms with Gasteiger partial charge in [0, 0.05) is 37.1 Å². The van der Waals surface area contributed by atoms with Gasteiger partial charge in [0.1, 0.15) is 0 Å². The van der Waals surface area contributed by atoms with E-state index in [4.69, 9.17) is 0 Å². The summed E-state index contributed by atoms with van der Waals surface area (Å²) < 4.78 is 0. The van der Waals surface area contributed by atoms with E-state index in [9.17, 15) is 0 Å². The molecule has 0 aliphatic rings. The van der Waals surface area contributed by atoms with Crippen molar-refractivity contribution in [3.8, 4) is 0 Å². The molecule has 0 unspecified atom stereocenters. The van der Waals surface area contributed by atoms with Gasteiger partial charge < -0.3 is 0 Å². The van der Waals surface area contributed by atoms with Crippen LogP contribution in [-0.2, 0) is 19.5 Å². The van der Waals surface area contributed by atoms with Gasteiger partial charge in [-0.15, -0.1) is 0 Å². The van der Waals surface area contributed by atoms with E-state index in [0.717, 1.165) is 0 Å². The second kappa shape index (κ2) is 11.8.